The molecule has 0 aliphatic heterocycles. The first-order valence-electron chi connectivity index (χ1n) is 6.78. The van der Waals surface area contributed by atoms with Gasteiger partial charge in [-0.1, -0.05) is 13.8 Å². The number of aryl methyl sites for hydroxylation is 2. The van der Waals surface area contributed by atoms with Crippen LogP contribution in [0.15, 0.2) is 17.0 Å². The molecule has 0 heterocycles. The van der Waals surface area contributed by atoms with Crippen LogP contribution in [0.5, 0.6) is 0 Å². The molecule has 0 radical (unpaired) electrons. The zero-order valence-electron chi connectivity index (χ0n) is 11.6. The summed E-state index contributed by atoms with van der Waals surface area (Å²) in [5.74, 6) is 0.136. The molecule has 110 valence electrons. The van der Waals surface area contributed by atoms with E-state index in [1.807, 2.05) is 13.8 Å². The van der Waals surface area contributed by atoms with Crippen molar-refractivity contribution >= 4 is 31.3 Å². The Morgan fingerprint density at radius 1 is 1.25 bits per heavy atom. The van der Waals surface area contributed by atoms with Crippen LogP contribution in [0.25, 0.3) is 0 Å². The molecule has 1 aromatic rings. The van der Waals surface area contributed by atoms with Crippen LogP contribution in [0.4, 0.5) is 5.69 Å². The van der Waals surface area contributed by atoms with Crippen LogP contribution in [0.1, 0.15) is 37.8 Å². The number of amides is 1. The number of benzene rings is 1. The monoisotopic (exact) mass is 315 g/mol. The molecule has 0 spiro atoms. The maximum absolute atomic E-state index is 11.9. The lowest BCUT2D eigenvalue weighted by Gasteiger charge is -2.16. The first-order chi connectivity index (χ1) is 9.36. The number of anilines is 1. The predicted octanol–water partition coefficient (Wildman–Crippen LogP) is 3.09. The van der Waals surface area contributed by atoms with E-state index in [1.165, 1.54) is 0 Å². The van der Waals surface area contributed by atoms with Crippen molar-refractivity contribution in [2.45, 2.75) is 44.4 Å². The van der Waals surface area contributed by atoms with Gasteiger partial charge < -0.3 is 5.32 Å². The van der Waals surface area contributed by atoms with E-state index in [-0.39, 0.29) is 16.7 Å². The normalized spacial score (nSPS) is 15.2. The van der Waals surface area contributed by atoms with Gasteiger partial charge in [-0.05, 0) is 48.9 Å². The van der Waals surface area contributed by atoms with Gasteiger partial charge >= 0.3 is 0 Å². The zero-order chi connectivity index (χ0) is 14.9. The molecule has 1 fully saturated rings. The van der Waals surface area contributed by atoms with E-state index >= 15 is 0 Å². The SMILES string of the molecule is CCc1cc(S(=O)(=O)Cl)cc(CC)c1NC(=O)C1CC1. The van der Waals surface area contributed by atoms with Crippen molar-refractivity contribution in [3.05, 3.63) is 23.3 Å². The second-order valence-electron chi connectivity index (χ2n) is 5.03. The minimum Gasteiger partial charge on any atom is -0.325 e. The van der Waals surface area contributed by atoms with E-state index in [4.69, 9.17) is 10.7 Å². The van der Waals surface area contributed by atoms with Crippen molar-refractivity contribution in [2.24, 2.45) is 5.92 Å². The van der Waals surface area contributed by atoms with Crippen LogP contribution in [0.2, 0.25) is 0 Å². The standard InChI is InChI=1S/C14H18ClNO3S/c1-3-9-7-12(20(15,18)19)8-10(4-2)13(9)16-14(17)11-5-6-11/h7-8,11H,3-6H2,1-2H3,(H,16,17). The van der Waals surface area contributed by atoms with Crippen molar-refractivity contribution in [1.29, 1.82) is 0 Å². The fourth-order valence-electron chi connectivity index (χ4n) is 2.17. The van der Waals surface area contributed by atoms with Crippen LogP contribution in [-0.2, 0) is 26.7 Å². The smallest absolute Gasteiger partial charge is 0.261 e. The van der Waals surface area contributed by atoms with Crippen LogP contribution >= 0.6 is 10.7 Å². The first kappa shape index (κ1) is 15.3. The molecule has 0 unspecified atom stereocenters. The number of rotatable bonds is 5. The number of carbonyl (C=O) groups excluding carboxylic acids is 1. The summed E-state index contributed by atoms with van der Waals surface area (Å²) in [5.41, 5.74) is 2.35. The summed E-state index contributed by atoms with van der Waals surface area (Å²) >= 11 is 0. The van der Waals surface area contributed by atoms with Gasteiger partial charge in [-0.2, -0.15) is 0 Å². The van der Waals surface area contributed by atoms with Gasteiger partial charge in [-0.15, -0.1) is 0 Å². The topological polar surface area (TPSA) is 63.2 Å². The molecule has 1 amide bonds. The molecule has 1 aliphatic carbocycles. The van der Waals surface area contributed by atoms with Gasteiger partial charge in [0.2, 0.25) is 5.91 Å². The van der Waals surface area contributed by atoms with Crippen molar-refractivity contribution in [3.63, 3.8) is 0 Å². The second-order valence-corrected chi connectivity index (χ2v) is 7.59. The molecular weight excluding hydrogens is 298 g/mol. The summed E-state index contributed by atoms with van der Waals surface area (Å²) in [6.45, 7) is 3.85. The lowest BCUT2D eigenvalue weighted by atomic mass is 10.0. The van der Waals surface area contributed by atoms with Gasteiger partial charge in [0, 0.05) is 22.3 Å². The maximum Gasteiger partial charge on any atom is 0.261 e. The number of hydrogen-bond acceptors (Lipinski definition) is 3. The van der Waals surface area contributed by atoms with E-state index in [0.717, 1.165) is 29.7 Å². The summed E-state index contributed by atoms with van der Waals surface area (Å²) in [4.78, 5) is 12.0. The van der Waals surface area contributed by atoms with Crippen molar-refractivity contribution in [1.82, 2.24) is 0 Å². The quantitative estimate of drug-likeness (QED) is 0.849. The Balaban J connectivity index is 2.46. The third-order valence-electron chi connectivity index (χ3n) is 3.51. The lowest BCUT2D eigenvalue weighted by Crippen LogP contribution is -2.16. The van der Waals surface area contributed by atoms with Crippen molar-refractivity contribution < 1.29 is 13.2 Å². The number of nitrogens with one attached hydrogen (secondary N) is 1. The summed E-state index contributed by atoms with van der Waals surface area (Å²) in [7, 11) is 1.66. The van der Waals surface area contributed by atoms with E-state index in [1.54, 1.807) is 12.1 Å². The molecule has 0 saturated heterocycles. The number of halogens is 1. The van der Waals surface area contributed by atoms with Gasteiger partial charge in [0.1, 0.15) is 0 Å². The summed E-state index contributed by atoms with van der Waals surface area (Å²) in [6, 6.07) is 3.09. The molecule has 0 bridgehead atoms. The molecule has 1 aromatic carbocycles. The van der Waals surface area contributed by atoms with E-state index < -0.39 is 9.05 Å². The molecule has 1 aliphatic rings. The van der Waals surface area contributed by atoms with Gasteiger partial charge in [-0.25, -0.2) is 8.42 Å². The molecular formula is C14H18ClNO3S. The molecule has 2 rings (SSSR count). The van der Waals surface area contributed by atoms with Crippen LogP contribution in [0, 0.1) is 5.92 Å². The fourth-order valence-corrected chi connectivity index (χ4v) is 3.00. The Bertz CT molecular complexity index is 611. The molecule has 0 aromatic heterocycles. The highest BCUT2D eigenvalue weighted by molar-refractivity contribution is 8.13. The first-order valence-corrected chi connectivity index (χ1v) is 9.09. The summed E-state index contributed by atoms with van der Waals surface area (Å²) < 4.78 is 23.0. The number of carbonyl (C=O) groups is 1. The van der Waals surface area contributed by atoms with Crippen LogP contribution in [0.3, 0.4) is 0 Å². The molecule has 6 heteroatoms. The third kappa shape index (κ3) is 3.33. The summed E-state index contributed by atoms with van der Waals surface area (Å²) in [5, 5.41) is 2.94. The highest BCUT2D eigenvalue weighted by Gasteiger charge is 2.30. The average molecular weight is 316 g/mol. The third-order valence-corrected chi connectivity index (χ3v) is 4.85. The number of hydrogen-bond donors (Lipinski definition) is 1. The molecule has 0 atom stereocenters. The Morgan fingerprint density at radius 3 is 2.10 bits per heavy atom. The minimum absolute atomic E-state index is 0.0240. The largest absolute Gasteiger partial charge is 0.325 e. The van der Waals surface area contributed by atoms with Crippen LogP contribution < -0.4 is 5.32 Å². The highest BCUT2D eigenvalue weighted by atomic mass is 35.7. The van der Waals surface area contributed by atoms with Crippen molar-refractivity contribution in [3.8, 4) is 0 Å². The Labute approximate surface area is 123 Å². The molecule has 1 saturated carbocycles. The second kappa shape index (κ2) is 5.74. The average Bonchev–Trinajstić information content (AvgIpc) is 3.21. The molecule has 4 nitrogen and oxygen atoms in total. The van der Waals surface area contributed by atoms with Gasteiger partial charge in [0.25, 0.3) is 9.05 Å². The lowest BCUT2D eigenvalue weighted by molar-refractivity contribution is -0.117. The van der Waals surface area contributed by atoms with E-state index in [9.17, 15) is 13.2 Å². The van der Waals surface area contributed by atoms with E-state index in [0.29, 0.717) is 12.8 Å². The fraction of sp³-hybridized carbons (Fsp3) is 0.500. The minimum atomic E-state index is -3.76. The van der Waals surface area contributed by atoms with Crippen molar-refractivity contribution in [2.75, 3.05) is 5.32 Å². The van der Waals surface area contributed by atoms with Gasteiger partial charge in [-0.3, -0.25) is 4.79 Å². The van der Waals surface area contributed by atoms with Crippen LogP contribution in [-0.4, -0.2) is 14.3 Å². The Kier molecular flexibility index (Phi) is 4.39. The predicted molar refractivity (Wildman–Crippen MR) is 79.6 cm³/mol. The Hall–Kier alpha value is -1.07. The maximum atomic E-state index is 11.9. The van der Waals surface area contributed by atoms with Gasteiger partial charge in [0.05, 0.1) is 4.90 Å². The Morgan fingerprint density at radius 2 is 1.75 bits per heavy atom. The molecule has 1 N–H and O–H groups in total. The molecule has 20 heavy (non-hydrogen) atoms. The summed E-state index contributed by atoms with van der Waals surface area (Å²) in [6.07, 6.45) is 3.13. The van der Waals surface area contributed by atoms with Gasteiger partial charge in [0.15, 0.2) is 0 Å². The zero-order valence-corrected chi connectivity index (χ0v) is 13.1. The highest BCUT2D eigenvalue weighted by Crippen LogP contribution is 2.33. The van der Waals surface area contributed by atoms with E-state index in [2.05, 4.69) is 5.32 Å².